The SMILES string of the molecule is O=C(COc1ccc(Br)cc1/C=C1\C(=O)NC(=O)N(c2ccccc2)C1=O)Nc1ccc(Cl)cc1. The highest BCUT2D eigenvalue weighted by molar-refractivity contribution is 9.10. The molecular weight excluding hydrogens is 538 g/mol. The van der Waals surface area contributed by atoms with Crippen molar-refractivity contribution >= 4 is 68.7 Å². The molecule has 0 aliphatic carbocycles. The van der Waals surface area contributed by atoms with Crippen molar-refractivity contribution in [3.63, 3.8) is 0 Å². The molecule has 1 fully saturated rings. The average Bonchev–Trinajstić information content (AvgIpc) is 2.83. The van der Waals surface area contributed by atoms with E-state index in [4.69, 9.17) is 16.3 Å². The van der Waals surface area contributed by atoms with Gasteiger partial charge in [0.2, 0.25) is 0 Å². The third kappa shape index (κ3) is 5.76. The van der Waals surface area contributed by atoms with Gasteiger partial charge < -0.3 is 10.1 Å². The van der Waals surface area contributed by atoms with E-state index < -0.39 is 23.8 Å². The van der Waals surface area contributed by atoms with Crippen LogP contribution >= 0.6 is 27.5 Å². The summed E-state index contributed by atoms with van der Waals surface area (Å²) >= 11 is 9.21. The molecule has 0 aromatic heterocycles. The van der Waals surface area contributed by atoms with Crippen molar-refractivity contribution in [2.24, 2.45) is 0 Å². The summed E-state index contributed by atoms with van der Waals surface area (Å²) in [5, 5.41) is 5.40. The molecule has 0 atom stereocenters. The summed E-state index contributed by atoms with van der Waals surface area (Å²) in [7, 11) is 0. The summed E-state index contributed by atoms with van der Waals surface area (Å²) in [4.78, 5) is 51.1. The fourth-order valence-electron chi connectivity index (χ4n) is 3.26. The van der Waals surface area contributed by atoms with Crippen molar-refractivity contribution in [1.82, 2.24) is 5.32 Å². The van der Waals surface area contributed by atoms with E-state index in [-0.39, 0.29) is 17.9 Å². The quantitative estimate of drug-likeness (QED) is 0.337. The van der Waals surface area contributed by atoms with Crippen molar-refractivity contribution in [3.05, 3.63) is 93.4 Å². The van der Waals surface area contributed by atoms with Crippen LogP contribution in [0.15, 0.2) is 82.8 Å². The van der Waals surface area contributed by atoms with Crippen LogP contribution in [0.4, 0.5) is 16.2 Å². The van der Waals surface area contributed by atoms with Crippen LogP contribution in [0.3, 0.4) is 0 Å². The number of amides is 5. The fraction of sp³-hybridized carbons (Fsp3) is 0.0400. The molecule has 5 amide bonds. The normalized spacial score (nSPS) is 14.6. The smallest absolute Gasteiger partial charge is 0.335 e. The maximum absolute atomic E-state index is 13.1. The van der Waals surface area contributed by atoms with E-state index in [1.54, 1.807) is 72.8 Å². The molecule has 35 heavy (non-hydrogen) atoms. The Bertz CT molecular complexity index is 1340. The summed E-state index contributed by atoms with van der Waals surface area (Å²) in [6.07, 6.45) is 1.32. The van der Waals surface area contributed by atoms with Crippen molar-refractivity contribution in [2.45, 2.75) is 0 Å². The van der Waals surface area contributed by atoms with Gasteiger partial charge in [-0.1, -0.05) is 45.7 Å². The monoisotopic (exact) mass is 553 g/mol. The largest absolute Gasteiger partial charge is 0.483 e. The molecule has 0 unspecified atom stereocenters. The number of nitrogens with zero attached hydrogens (tertiary/aromatic N) is 1. The Labute approximate surface area is 213 Å². The zero-order valence-corrected chi connectivity index (χ0v) is 20.3. The Hall–Kier alpha value is -3.95. The van der Waals surface area contributed by atoms with E-state index >= 15 is 0 Å². The average molecular weight is 555 g/mol. The molecule has 1 aliphatic rings. The number of carbonyl (C=O) groups is 4. The van der Waals surface area contributed by atoms with Gasteiger partial charge in [-0.3, -0.25) is 19.7 Å². The molecule has 0 spiro atoms. The number of para-hydroxylation sites is 1. The van der Waals surface area contributed by atoms with Gasteiger partial charge in [0.25, 0.3) is 17.7 Å². The topological polar surface area (TPSA) is 105 Å². The minimum atomic E-state index is -0.840. The second-order valence-electron chi connectivity index (χ2n) is 7.32. The fourth-order valence-corrected chi connectivity index (χ4v) is 3.77. The van der Waals surface area contributed by atoms with Gasteiger partial charge in [-0.05, 0) is 60.7 Å². The Morgan fingerprint density at radius 1 is 1.03 bits per heavy atom. The maximum Gasteiger partial charge on any atom is 0.335 e. The number of halogens is 2. The van der Waals surface area contributed by atoms with Crippen LogP contribution in [0.1, 0.15) is 5.56 Å². The predicted molar refractivity (Wildman–Crippen MR) is 135 cm³/mol. The van der Waals surface area contributed by atoms with Gasteiger partial charge in [0, 0.05) is 20.7 Å². The summed E-state index contributed by atoms with van der Waals surface area (Å²) in [5.41, 5.74) is 0.968. The van der Waals surface area contributed by atoms with Crippen molar-refractivity contribution in [1.29, 1.82) is 0 Å². The van der Waals surface area contributed by atoms with Crippen LogP contribution in [-0.4, -0.2) is 30.4 Å². The van der Waals surface area contributed by atoms with Crippen molar-refractivity contribution < 1.29 is 23.9 Å². The van der Waals surface area contributed by atoms with Crippen LogP contribution in [0.5, 0.6) is 5.75 Å². The van der Waals surface area contributed by atoms with Crippen LogP contribution in [0, 0.1) is 0 Å². The Balaban J connectivity index is 1.57. The predicted octanol–water partition coefficient (Wildman–Crippen LogP) is 4.79. The van der Waals surface area contributed by atoms with Crippen LogP contribution in [0.25, 0.3) is 6.08 Å². The third-order valence-electron chi connectivity index (χ3n) is 4.87. The molecular formula is C25H17BrClN3O5. The Morgan fingerprint density at radius 3 is 2.46 bits per heavy atom. The minimum Gasteiger partial charge on any atom is -0.483 e. The summed E-state index contributed by atoms with van der Waals surface area (Å²) in [6.45, 7) is -0.324. The van der Waals surface area contributed by atoms with Gasteiger partial charge in [-0.2, -0.15) is 0 Å². The molecule has 1 aliphatic heterocycles. The van der Waals surface area contributed by atoms with Gasteiger partial charge >= 0.3 is 6.03 Å². The van der Waals surface area contributed by atoms with Gasteiger partial charge in [-0.25, -0.2) is 9.69 Å². The number of anilines is 2. The second kappa shape index (κ2) is 10.5. The number of rotatable bonds is 6. The van der Waals surface area contributed by atoms with Crippen molar-refractivity contribution in [3.8, 4) is 5.75 Å². The molecule has 176 valence electrons. The lowest BCUT2D eigenvalue weighted by Crippen LogP contribution is -2.54. The van der Waals surface area contributed by atoms with E-state index in [1.165, 1.54) is 6.08 Å². The molecule has 1 saturated heterocycles. The molecule has 3 aromatic carbocycles. The van der Waals surface area contributed by atoms with Crippen LogP contribution in [0.2, 0.25) is 5.02 Å². The van der Waals surface area contributed by atoms with Crippen molar-refractivity contribution in [2.75, 3.05) is 16.8 Å². The number of nitrogens with one attached hydrogen (secondary N) is 2. The molecule has 8 nitrogen and oxygen atoms in total. The zero-order chi connectivity index (χ0) is 24.9. The number of urea groups is 1. The van der Waals surface area contributed by atoms with Gasteiger partial charge in [0.05, 0.1) is 5.69 Å². The number of carbonyl (C=O) groups excluding carboxylic acids is 4. The summed E-state index contributed by atoms with van der Waals surface area (Å²) in [6, 6.07) is 18.9. The maximum atomic E-state index is 13.1. The first kappa shape index (κ1) is 24.2. The molecule has 1 heterocycles. The van der Waals surface area contributed by atoms with E-state index in [2.05, 4.69) is 26.6 Å². The number of barbiturate groups is 1. The molecule has 2 N–H and O–H groups in total. The molecule has 0 radical (unpaired) electrons. The van der Waals surface area contributed by atoms with Crippen LogP contribution < -0.4 is 20.3 Å². The number of imide groups is 2. The number of benzene rings is 3. The highest BCUT2D eigenvalue weighted by Gasteiger charge is 2.36. The van der Waals surface area contributed by atoms with Crippen LogP contribution in [-0.2, 0) is 14.4 Å². The highest BCUT2D eigenvalue weighted by Crippen LogP contribution is 2.28. The third-order valence-corrected chi connectivity index (χ3v) is 5.62. The Kier molecular flexibility index (Phi) is 7.28. The standard InChI is InChI=1S/C25H17BrClN3O5/c26-16-6-11-21(35-14-22(31)28-18-9-7-17(27)8-10-18)15(12-16)13-20-23(32)29-25(34)30(24(20)33)19-4-2-1-3-5-19/h1-13H,14H2,(H,28,31)(H,29,32,34)/b20-13+. The summed E-state index contributed by atoms with van der Waals surface area (Å²) in [5.74, 6) is -1.77. The number of hydrogen-bond acceptors (Lipinski definition) is 5. The van der Waals surface area contributed by atoms with Gasteiger partial charge in [-0.15, -0.1) is 0 Å². The minimum absolute atomic E-state index is 0.260. The first-order valence-electron chi connectivity index (χ1n) is 10.3. The van der Waals surface area contributed by atoms with E-state index in [0.717, 1.165) is 4.90 Å². The Morgan fingerprint density at radius 2 is 1.74 bits per heavy atom. The lowest BCUT2D eigenvalue weighted by atomic mass is 10.1. The highest BCUT2D eigenvalue weighted by atomic mass is 79.9. The van der Waals surface area contributed by atoms with Gasteiger partial charge in [0.15, 0.2) is 6.61 Å². The number of ether oxygens (including phenoxy) is 1. The second-order valence-corrected chi connectivity index (χ2v) is 8.67. The molecule has 3 aromatic rings. The zero-order valence-electron chi connectivity index (χ0n) is 18.0. The first-order valence-corrected chi connectivity index (χ1v) is 11.4. The van der Waals surface area contributed by atoms with E-state index in [1.807, 2.05) is 0 Å². The van der Waals surface area contributed by atoms with E-state index in [9.17, 15) is 19.2 Å². The lowest BCUT2D eigenvalue weighted by molar-refractivity contribution is -0.122. The molecule has 0 bridgehead atoms. The summed E-state index contributed by atoms with van der Waals surface area (Å²) < 4.78 is 6.32. The lowest BCUT2D eigenvalue weighted by Gasteiger charge is -2.26. The van der Waals surface area contributed by atoms with Gasteiger partial charge in [0.1, 0.15) is 11.3 Å². The van der Waals surface area contributed by atoms with E-state index in [0.29, 0.717) is 26.4 Å². The molecule has 10 heteroatoms. The first-order chi connectivity index (χ1) is 16.8. The molecule has 4 rings (SSSR count). The number of hydrogen-bond donors (Lipinski definition) is 2. The molecule has 0 saturated carbocycles.